The van der Waals surface area contributed by atoms with Crippen molar-refractivity contribution in [3.05, 3.63) is 71.6 Å². The van der Waals surface area contributed by atoms with Crippen LogP contribution in [0.5, 0.6) is 0 Å². The van der Waals surface area contributed by atoms with Gasteiger partial charge in [-0.05, 0) is 36.8 Å². The normalized spacial score (nSPS) is 11.2. The van der Waals surface area contributed by atoms with Gasteiger partial charge in [0.2, 0.25) is 0 Å². The molecule has 0 spiro atoms. The summed E-state index contributed by atoms with van der Waals surface area (Å²) in [6, 6.07) is 19.7. The molecular weight excluding hydrogens is 284 g/mol. The van der Waals surface area contributed by atoms with E-state index in [1.807, 2.05) is 24.3 Å². The Morgan fingerprint density at radius 3 is 2.48 bits per heavy atom. The van der Waals surface area contributed by atoms with Gasteiger partial charge in [0.1, 0.15) is 11.3 Å². The van der Waals surface area contributed by atoms with E-state index < -0.39 is 0 Å². The van der Waals surface area contributed by atoms with Crippen LogP contribution in [0, 0.1) is 12.3 Å². The molecule has 4 rings (SSSR count). The Bertz CT molecular complexity index is 1050. The number of hydrogen-bond donors (Lipinski definition) is 2. The van der Waals surface area contributed by atoms with Crippen LogP contribution >= 0.6 is 0 Å². The van der Waals surface area contributed by atoms with Crippen LogP contribution in [0.3, 0.4) is 0 Å². The fourth-order valence-electron chi connectivity index (χ4n) is 2.94. The summed E-state index contributed by atoms with van der Waals surface area (Å²) in [4.78, 5) is 0. The molecule has 1 aliphatic heterocycles. The fraction of sp³-hybridized carbons (Fsp3) is 0.0500. The highest BCUT2D eigenvalue weighted by Gasteiger charge is 2.16. The van der Waals surface area contributed by atoms with Gasteiger partial charge >= 0.3 is 0 Å². The molecule has 2 aliphatic rings. The summed E-state index contributed by atoms with van der Waals surface area (Å²) in [5, 5.41) is 9.30. The molecule has 2 aromatic carbocycles. The largest absolute Gasteiger partial charge is 0.456 e. The van der Waals surface area contributed by atoms with E-state index in [0.717, 1.165) is 27.7 Å². The second-order valence-corrected chi connectivity index (χ2v) is 5.81. The van der Waals surface area contributed by atoms with Crippen LogP contribution in [0.15, 0.2) is 65.1 Å². The van der Waals surface area contributed by atoms with Crippen LogP contribution in [0.4, 0.5) is 5.69 Å². The summed E-state index contributed by atoms with van der Waals surface area (Å²) in [6.07, 6.45) is 0. The van der Waals surface area contributed by atoms with E-state index in [-0.39, 0.29) is 0 Å². The molecule has 2 aromatic rings. The lowest BCUT2D eigenvalue weighted by atomic mass is 9.93. The van der Waals surface area contributed by atoms with Crippen LogP contribution in [0.1, 0.15) is 5.56 Å². The molecule has 0 radical (unpaired) electrons. The van der Waals surface area contributed by atoms with E-state index in [4.69, 9.17) is 15.6 Å². The number of nitrogen functional groups attached to an aromatic ring is 1. The minimum absolute atomic E-state index is 0.430. The highest BCUT2D eigenvalue weighted by Crippen LogP contribution is 2.40. The van der Waals surface area contributed by atoms with Gasteiger partial charge in [0.15, 0.2) is 0 Å². The first-order valence-corrected chi connectivity index (χ1v) is 7.49. The smallest absolute Gasteiger partial charge is 0.137 e. The molecule has 1 heterocycles. The summed E-state index contributed by atoms with van der Waals surface area (Å²) < 4.78 is 5.99. The van der Waals surface area contributed by atoms with Crippen molar-refractivity contribution in [1.82, 2.24) is 0 Å². The molecule has 23 heavy (non-hydrogen) atoms. The molecule has 112 valence electrons. The van der Waals surface area contributed by atoms with Crippen LogP contribution in [-0.2, 0) is 0 Å². The van der Waals surface area contributed by atoms with Gasteiger partial charge in [-0.1, -0.05) is 29.8 Å². The minimum atomic E-state index is 0.430. The van der Waals surface area contributed by atoms with Crippen molar-refractivity contribution in [1.29, 1.82) is 5.41 Å². The number of anilines is 1. The molecule has 3 heteroatoms. The fourth-order valence-corrected chi connectivity index (χ4v) is 2.94. The zero-order valence-corrected chi connectivity index (χ0v) is 12.8. The van der Waals surface area contributed by atoms with Gasteiger partial charge in [-0.25, -0.2) is 0 Å². The third-order valence-corrected chi connectivity index (χ3v) is 4.09. The maximum Gasteiger partial charge on any atom is 0.137 e. The first-order valence-electron chi connectivity index (χ1n) is 7.49. The van der Waals surface area contributed by atoms with E-state index >= 15 is 0 Å². The molecule has 0 amide bonds. The van der Waals surface area contributed by atoms with Crippen molar-refractivity contribution >= 4 is 16.7 Å². The maximum absolute atomic E-state index is 7.85. The Morgan fingerprint density at radius 1 is 0.913 bits per heavy atom. The van der Waals surface area contributed by atoms with E-state index in [1.54, 1.807) is 12.1 Å². The Kier molecular flexibility index (Phi) is 2.95. The molecule has 1 aliphatic carbocycles. The van der Waals surface area contributed by atoms with Crippen LogP contribution in [0.2, 0.25) is 0 Å². The quantitative estimate of drug-likeness (QED) is 0.399. The zero-order chi connectivity index (χ0) is 16.0. The second-order valence-electron chi connectivity index (χ2n) is 5.81. The van der Waals surface area contributed by atoms with Crippen LogP contribution < -0.4 is 11.1 Å². The summed E-state index contributed by atoms with van der Waals surface area (Å²) in [7, 11) is 0. The lowest BCUT2D eigenvalue weighted by molar-refractivity contribution is 0.619. The topological polar surface area (TPSA) is 63.0 Å². The van der Waals surface area contributed by atoms with Gasteiger partial charge < -0.3 is 15.6 Å². The van der Waals surface area contributed by atoms with Crippen molar-refractivity contribution in [3.8, 4) is 22.5 Å². The van der Waals surface area contributed by atoms with Gasteiger partial charge in [0, 0.05) is 34.3 Å². The van der Waals surface area contributed by atoms with E-state index in [2.05, 4.69) is 31.2 Å². The number of nitrogens with one attached hydrogen (secondary N) is 1. The SMILES string of the molecule is Cc1ccc(-c2c3ccc(=N)cc-3oc3cc(N)ccc23)cc1. The molecule has 0 saturated heterocycles. The molecule has 0 bridgehead atoms. The van der Waals surface area contributed by atoms with E-state index in [9.17, 15) is 0 Å². The predicted octanol–water partition coefficient (Wildman–Crippen LogP) is 4.57. The highest BCUT2D eigenvalue weighted by atomic mass is 16.3. The van der Waals surface area contributed by atoms with E-state index in [0.29, 0.717) is 16.8 Å². The Hall–Kier alpha value is -3.07. The average Bonchev–Trinajstić information content (AvgIpc) is 2.53. The third-order valence-electron chi connectivity index (χ3n) is 4.09. The van der Waals surface area contributed by atoms with E-state index in [1.165, 1.54) is 5.56 Å². The molecule has 0 unspecified atom stereocenters. The standard InChI is InChI=1S/C20H16N2O/c1-12-2-4-13(5-3-12)20-16-8-6-14(21)10-18(16)23-19-11-15(22)7-9-17(19)20/h2-11,21H,22H2,1H3. The molecule has 0 aromatic heterocycles. The number of hydrogen-bond acceptors (Lipinski definition) is 3. The summed E-state index contributed by atoms with van der Waals surface area (Å²) in [5.41, 5.74) is 11.8. The van der Waals surface area contributed by atoms with Crippen molar-refractivity contribution in [2.75, 3.05) is 5.73 Å². The Labute approximate surface area is 133 Å². The summed E-state index contributed by atoms with van der Waals surface area (Å²) in [5.74, 6) is 0.700. The van der Waals surface area contributed by atoms with Crippen LogP contribution in [0.25, 0.3) is 33.4 Å². The Balaban J connectivity index is 2.17. The molecule has 0 fully saturated rings. The number of benzene rings is 3. The monoisotopic (exact) mass is 300 g/mol. The van der Waals surface area contributed by atoms with Crippen molar-refractivity contribution in [2.45, 2.75) is 6.92 Å². The second kappa shape index (κ2) is 4.99. The maximum atomic E-state index is 7.85. The lowest BCUT2D eigenvalue weighted by Gasteiger charge is -2.15. The molecular formula is C20H16N2O. The molecule has 3 N–H and O–H groups in total. The lowest BCUT2D eigenvalue weighted by Crippen LogP contribution is -2.00. The van der Waals surface area contributed by atoms with Gasteiger partial charge in [0.05, 0.1) is 5.36 Å². The molecule has 0 atom stereocenters. The van der Waals surface area contributed by atoms with Crippen LogP contribution in [-0.4, -0.2) is 0 Å². The number of fused-ring (bicyclic) bond motifs is 2. The summed E-state index contributed by atoms with van der Waals surface area (Å²) in [6.45, 7) is 2.08. The van der Waals surface area contributed by atoms with Gasteiger partial charge in [-0.2, -0.15) is 0 Å². The number of aryl methyl sites for hydroxylation is 1. The van der Waals surface area contributed by atoms with Gasteiger partial charge in [-0.3, -0.25) is 0 Å². The number of rotatable bonds is 1. The third kappa shape index (κ3) is 2.27. The molecule has 0 saturated carbocycles. The van der Waals surface area contributed by atoms with Gasteiger partial charge in [-0.15, -0.1) is 0 Å². The average molecular weight is 300 g/mol. The highest BCUT2D eigenvalue weighted by molar-refractivity contribution is 6.02. The Morgan fingerprint density at radius 2 is 1.70 bits per heavy atom. The molecule has 3 nitrogen and oxygen atoms in total. The number of nitrogens with two attached hydrogens (primary N) is 1. The van der Waals surface area contributed by atoms with Crippen molar-refractivity contribution < 1.29 is 4.42 Å². The first-order chi connectivity index (χ1) is 11.1. The first kappa shape index (κ1) is 13.6. The van der Waals surface area contributed by atoms with Crippen molar-refractivity contribution in [3.63, 3.8) is 0 Å². The summed E-state index contributed by atoms with van der Waals surface area (Å²) >= 11 is 0. The predicted molar refractivity (Wildman–Crippen MR) is 93.3 cm³/mol. The van der Waals surface area contributed by atoms with Crippen molar-refractivity contribution in [2.24, 2.45) is 0 Å². The minimum Gasteiger partial charge on any atom is -0.456 e. The van der Waals surface area contributed by atoms with Gasteiger partial charge in [0.25, 0.3) is 0 Å². The zero-order valence-electron chi connectivity index (χ0n) is 12.8.